The minimum Gasteiger partial charge on any atom is -0.389 e. The highest BCUT2D eigenvalue weighted by Crippen LogP contribution is 2.19. The first-order valence-electron chi connectivity index (χ1n) is 4.89. The van der Waals surface area contributed by atoms with Gasteiger partial charge in [0, 0.05) is 6.54 Å². The number of carbonyl (C=O) groups excluding carboxylic acids is 1. The van der Waals surface area contributed by atoms with E-state index in [1.165, 1.54) is 11.3 Å². The van der Waals surface area contributed by atoms with Gasteiger partial charge in [0.25, 0.3) is 0 Å². The third kappa shape index (κ3) is 3.75. The first kappa shape index (κ1) is 11.8. The Balaban J connectivity index is 2.41. The minimum atomic E-state index is -0.290. The molecule has 84 valence electrons. The standard InChI is InChI=1S/C9H16N4OS/c1-3-4-11-8(14)6(2)13-9-12-5-7(10)15-9/h5-6H,3-4,10H2,1-2H3,(H,11,14)(H,12,13). The molecule has 0 saturated heterocycles. The van der Waals surface area contributed by atoms with Gasteiger partial charge in [0.1, 0.15) is 11.0 Å². The molecule has 0 fully saturated rings. The van der Waals surface area contributed by atoms with Gasteiger partial charge in [-0.2, -0.15) is 0 Å². The third-order valence-electron chi connectivity index (χ3n) is 1.81. The van der Waals surface area contributed by atoms with Crippen LogP contribution in [0, 0.1) is 0 Å². The quantitative estimate of drug-likeness (QED) is 0.703. The maximum absolute atomic E-state index is 11.5. The normalized spacial score (nSPS) is 12.1. The lowest BCUT2D eigenvalue weighted by Crippen LogP contribution is -2.37. The Morgan fingerprint density at radius 2 is 2.47 bits per heavy atom. The van der Waals surface area contributed by atoms with Crippen LogP contribution in [0.4, 0.5) is 10.1 Å². The smallest absolute Gasteiger partial charge is 0.242 e. The highest BCUT2D eigenvalue weighted by molar-refractivity contribution is 7.19. The number of anilines is 2. The molecule has 1 unspecified atom stereocenters. The second-order valence-corrected chi connectivity index (χ2v) is 4.29. The lowest BCUT2D eigenvalue weighted by molar-refractivity contribution is -0.121. The summed E-state index contributed by atoms with van der Waals surface area (Å²) in [4.78, 5) is 15.5. The molecular formula is C9H16N4OS. The molecule has 4 N–H and O–H groups in total. The van der Waals surface area contributed by atoms with E-state index in [0.29, 0.717) is 16.7 Å². The summed E-state index contributed by atoms with van der Waals surface area (Å²) < 4.78 is 0. The van der Waals surface area contributed by atoms with E-state index in [9.17, 15) is 4.79 Å². The van der Waals surface area contributed by atoms with Crippen LogP contribution in [-0.2, 0) is 4.79 Å². The van der Waals surface area contributed by atoms with Crippen molar-refractivity contribution in [2.24, 2.45) is 0 Å². The predicted octanol–water partition coefficient (Wildman–Crippen LogP) is 1.05. The van der Waals surface area contributed by atoms with E-state index in [2.05, 4.69) is 15.6 Å². The number of carbonyl (C=O) groups is 1. The van der Waals surface area contributed by atoms with Gasteiger partial charge in [-0.15, -0.1) is 0 Å². The van der Waals surface area contributed by atoms with E-state index in [4.69, 9.17) is 5.73 Å². The zero-order chi connectivity index (χ0) is 11.3. The fraction of sp³-hybridized carbons (Fsp3) is 0.556. The van der Waals surface area contributed by atoms with E-state index >= 15 is 0 Å². The summed E-state index contributed by atoms with van der Waals surface area (Å²) in [7, 11) is 0. The number of nitrogen functional groups attached to an aromatic ring is 1. The molecule has 0 bridgehead atoms. The summed E-state index contributed by atoms with van der Waals surface area (Å²) in [6.45, 7) is 4.51. The Labute approximate surface area is 93.1 Å². The van der Waals surface area contributed by atoms with Crippen LogP contribution in [0.2, 0.25) is 0 Å². The lowest BCUT2D eigenvalue weighted by Gasteiger charge is -2.12. The summed E-state index contributed by atoms with van der Waals surface area (Å²) in [5.74, 6) is -0.0226. The fourth-order valence-corrected chi connectivity index (χ4v) is 1.68. The van der Waals surface area contributed by atoms with Crippen LogP contribution >= 0.6 is 11.3 Å². The second-order valence-electron chi connectivity index (χ2n) is 3.22. The van der Waals surface area contributed by atoms with Crippen molar-refractivity contribution in [2.75, 3.05) is 17.6 Å². The van der Waals surface area contributed by atoms with Gasteiger partial charge in [-0.3, -0.25) is 4.79 Å². The molecule has 1 heterocycles. The minimum absolute atomic E-state index is 0.0226. The van der Waals surface area contributed by atoms with Crippen molar-refractivity contribution >= 4 is 27.4 Å². The Kier molecular flexibility index (Phi) is 4.36. The number of nitrogens with zero attached hydrogens (tertiary/aromatic N) is 1. The Morgan fingerprint density at radius 3 is 3.00 bits per heavy atom. The number of nitrogens with two attached hydrogens (primary N) is 1. The van der Waals surface area contributed by atoms with Crippen molar-refractivity contribution in [3.63, 3.8) is 0 Å². The molecule has 0 spiro atoms. The van der Waals surface area contributed by atoms with Gasteiger partial charge in [0.05, 0.1) is 6.20 Å². The van der Waals surface area contributed by atoms with Crippen LogP contribution in [0.3, 0.4) is 0 Å². The second kappa shape index (κ2) is 5.55. The van der Waals surface area contributed by atoms with Crippen molar-refractivity contribution < 1.29 is 4.79 Å². The zero-order valence-electron chi connectivity index (χ0n) is 8.91. The lowest BCUT2D eigenvalue weighted by atomic mass is 10.3. The molecular weight excluding hydrogens is 212 g/mol. The van der Waals surface area contributed by atoms with Gasteiger partial charge in [0.2, 0.25) is 5.91 Å². The number of aromatic nitrogens is 1. The molecule has 1 aromatic heterocycles. The van der Waals surface area contributed by atoms with E-state index in [1.807, 2.05) is 6.92 Å². The summed E-state index contributed by atoms with van der Waals surface area (Å²) >= 11 is 1.33. The van der Waals surface area contributed by atoms with E-state index in [-0.39, 0.29) is 11.9 Å². The maximum atomic E-state index is 11.5. The van der Waals surface area contributed by atoms with Gasteiger partial charge in [0.15, 0.2) is 5.13 Å². The molecule has 6 heteroatoms. The van der Waals surface area contributed by atoms with E-state index < -0.39 is 0 Å². The highest BCUT2D eigenvalue weighted by Gasteiger charge is 2.12. The van der Waals surface area contributed by atoms with Gasteiger partial charge >= 0.3 is 0 Å². The summed E-state index contributed by atoms with van der Waals surface area (Å²) in [6.07, 6.45) is 2.51. The molecule has 1 aromatic rings. The van der Waals surface area contributed by atoms with Gasteiger partial charge in [-0.25, -0.2) is 4.98 Å². The number of hydrogen-bond donors (Lipinski definition) is 3. The Bertz CT molecular complexity index is 326. The van der Waals surface area contributed by atoms with Gasteiger partial charge < -0.3 is 16.4 Å². The first-order valence-corrected chi connectivity index (χ1v) is 5.70. The van der Waals surface area contributed by atoms with Crippen LogP contribution in [-0.4, -0.2) is 23.5 Å². The molecule has 5 nitrogen and oxygen atoms in total. The van der Waals surface area contributed by atoms with Crippen molar-refractivity contribution in [1.29, 1.82) is 0 Å². The number of hydrogen-bond acceptors (Lipinski definition) is 5. The number of thiazole rings is 1. The molecule has 1 atom stereocenters. The van der Waals surface area contributed by atoms with Crippen LogP contribution in [0.15, 0.2) is 6.20 Å². The van der Waals surface area contributed by atoms with Crippen LogP contribution < -0.4 is 16.4 Å². The van der Waals surface area contributed by atoms with Gasteiger partial charge in [-0.1, -0.05) is 18.3 Å². The Hall–Kier alpha value is -1.30. The Morgan fingerprint density at radius 1 is 1.73 bits per heavy atom. The molecule has 15 heavy (non-hydrogen) atoms. The van der Waals surface area contributed by atoms with Gasteiger partial charge in [-0.05, 0) is 13.3 Å². The highest BCUT2D eigenvalue weighted by atomic mass is 32.1. The summed E-state index contributed by atoms with van der Waals surface area (Å²) in [6, 6.07) is -0.290. The molecule has 0 aliphatic carbocycles. The van der Waals surface area contributed by atoms with Crippen molar-refractivity contribution in [3.8, 4) is 0 Å². The van der Waals surface area contributed by atoms with Crippen LogP contribution in [0.5, 0.6) is 0 Å². The summed E-state index contributed by atoms with van der Waals surface area (Å²) in [5, 5.41) is 7.10. The van der Waals surface area contributed by atoms with Crippen LogP contribution in [0.25, 0.3) is 0 Å². The SMILES string of the molecule is CCCNC(=O)C(C)Nc1ncc(N)s1. The topological polar surface area (TPSA) is 80.0 Å². The van der Waals surface area contributed by atoms with Crippen molar-refractivity contribution in [1.82, 2.24) is 10.3 Å². The molecule has 0 aliphatic heterocycles. The van der Waals surface area contributed by atoms with E-state index in [1.54, 1.807) is 13.1 Å². The average Bonchev–Trinajstić information content (AvgIpc) is 2.60. The van der Waals surface area contributed by atoms with Crippen molar-refractivity contribution in [2.45, 2.75) is 26.3 Å². The zero-order valence-corrected chi connectivity index (χ0v) is 9.73. The number of rotatable bonds is 5. The largest absolute Gasteiger partial charge is 0.389 e. The number of nitrogens with one attached hydrogen (secondary N) is 2. The summed E-state index contributed by atoms with van der Waals surface area (Å²) in [5.41, 5.74) is 5.53. The maximum Gasteiger partial charge on any atom is 0.242 e. The predicted molar refractivity (Wildman–Crippen MR) is 62.9 cm³/mol. The molecule has 0 radical (unpaired) electrons. The number of amides is 1. The van der Waals surface area contributed by atoms with Crippen LogP contribution in [0.1, 0.15) is 20.3 Å². The molecule has 0 saturated carbocycles. The average molecular weight is 228 g/mol. The fourth-order valence-electron chi connectivity index (χ4n) is 1.01. The molecule has 0 aliphatic rings. The molecule has 0 aromatic carbocycles. The monoisotopic (exact) mass is 228 g/mol. The van der Waals surface area contributed by atoms with E-state index in [0.717, 1.165) is 6.42 Å². The molecule has 1 amide bonds. The van der Waals surface area contributed by atoms with Crippen molar-refractivity contribution in [3.05, 3.63) is 6.20 Å². The third-order valence-corrected chi connectivity index (χ3v) is 2.56. The first-order chi connectivity index (χ1) is 7.13. The molecule has 1 rings (SSSR count).